The van der Waals surface area contributed by atoms with Gasteiger partial charge >= 0.3 is 5.97 Å². The molecule has 0 saturated heterocycles. The van der Waals surface area contributed by atoms with Gasteiger partial charge in [-0.2, -0.15) is 5.10 Å². The summed E-state index contributed by atoms with van der Waals surface area (Å²) in [6, 6.07) is 6.69. The third kappa shape index (κ3) is 3.79. The number of aromatic carboxylic acids is 1. The van der Waals surface area contributed by atoms with Crippen molar-refractivity contribution >= 4 is 32.7 Å². The third-order valence-electron chi connectivity index (χ3n) is 2.89. The summed E-state index contributed by atoms with van der Waals surface area (Å²) < 4.78 is 14.9. The topological polar surface area (TPSA) is 72.2 Å². The van der Waals surface area contributed by atoms with Crippen molar-refractivity contribution in [3.63, 3.8) is 0 Å². The molecule has 21 heavy (non-hydrogen) atoms. The molecule has 2 rings (SSSR count). The van der Waals surface area contributed by atoms with Gasteiger partial charge in [-0.25, -0.2) is 4.79 Å². The van der Waals surface area contributed by atoms with Crippen LogP contribution in [0.1, 0.15) is 35.9 Å². The van der Waals surface area contributed by atoms with Crippen LogP contribution in [0.25, 0.3) is 0 Å². The van der Waals surface area contributed by atoms with Crippen molar-refractivity contribution in [1.82, 2.24) is 9.78 Å². The number of carboxylic acid groups (broad SMARTS) is 1. The molecular formula is C14H15BrN2O3S. The van der Waals surface area contributed by atoms with Gasteiger partial charge < -0.3 is 5.11 Å². The average Bonchev–Trinajstić information content (AvgIpc) is 2.86. The van der Waals surface area contributed by atoms with Crippen LogP contribution in [0.3, 0.4) is 0 Å². The lowest BCUT2D eigenvalue weighted by molar-refractivity contribution is 0.0693. The highest BCUT2D eigenvalue weighted by molar-refractivity contribution is 9.10. The number of hydrogen-bond donors (Lipinski definition) is 1. The van der Waals surface area contributed by atoms with E-state index in [0.29, 0.717) is 15.1 Å². The number of rotatable bonds is 5. The van der Waals surface area contributed by atoms with Crippen molar-refractivity contribution in [2.45, 2.75) is 30.5 Å². The highest BCUT2D eigenvalue weighted by atomic mass is 79.9. The maximum Gasteiger partial charge on any atom is 0.336 e. The molecule has 7 heteroatoms. The highest BCUT2D eigenvalue weighted by Gasteiger charge is 2.17. The molecule has 0 amide bonds. The van der Waals surface area contributed by atoms with Gasteiger partial charge in [0.1, 0.15) is 0 Å². The minimum atomic E-state index is -1.46. The molecule has 0 aliphatic carbocycles. The van der Waals surface area contributed by atoms with Crippen LogP contribution in [0.15, 0.2) is 39.8 Å². The monoisotopic (exact) mass is 370 g/mol. The van der Waals surface area contributed by atoms with Gasteiger partial charge in [-0.15, -0.1) is 0 Å². The van der Waals surface area contributed by atoms with Crippen molar-refractivity contribution in [3.05, 3.63) is 46.2 Å². The molecule has 1 unspecified atom stereocenters. The lowest BCUT2D eigenvalue weighted by Crippen LogP contribution is -2.07. The zero-order valence-electron chi connectivity index (χ0n) is 11.6. The molecule has 0 spiro atoms. The summed E-state index contributed by atoms with van der Waals surface area (Å²) in [5, 5.41) is 13.5. The fourth-order valence-corrected chi connectivity index (χ4v) is 3.57. The van der Waals surface area contributed by atoms with Gasteiger partial charge in [0.2, 0.25) is 0 Å². The molecule has 2 aromatic rings. The van der Waals surface area contributed by atoms with Crippen LogP contribution >= 0.6 is 15.9 Å². The Morgan fingerprint density at radius 1 is 1.43 bits per heavy atom. The molecule has 0 bridgehead atoms. The molecular weight excluding hydrogens is 356 g/mol. The molecule has 0 aliphatic rings. The van der Waals surface area contributed by atoms with E-state index in [0.717, 1.165) is 0 Å². The molecule has 1 aromatic heterocycles. The van der Waals surface area contributed by atoms with E-state index in [9.17, 15) is 14.1 Å². The van der Waals surface area contributed by atoms with E-state index in [1.165, 1.54) is 6.07 Å². The van der Waals surface area contributed by atoms with E-state index in [-0.39, 0.29) is 17.4 Å². The van der Waals surface area contributed by atoms with Crippen LogP contribution in [0, 0.1) is 0 Å². The largest absolute Gasteiger partial charge is 0.478 e. The van der Waals surface area contributed by atoms with Crippen molar-refractivity contribution in [3.8, 4) is 0 Å². The number of carbonyl (C=O) groups is 1. The number of hydrogen-bond acceptors (Lipinski definition) is 3. The molecule has 1 aromatic carbocycles. The number of benzene rings is 1. The van der Waals surface area contributed by atoms with Gasteiger partial charge in [-0.1, -0.05) is 15.9 Å². The summed E-state index contributed by atoms with van der Waals surface area (Å²) in [6.07, 6.45) is 1.83. The Labute approximate surface area is 133 Å². The Kier molecular flexibility index (Phi) is 4.95. The van der Waals surface area contributed by atoms with Crippen LogP contribution in [-0.4, -0.2) is 25.1 Å². The normalized spacial score (nSPS) is 12.6. The summed E-state index contributed by atoms with van der Waals surface area (Å²) >= 11 is 3.28. The van der Waals surface area contributed by atoms with E-state index in [4.69, 9.17) is 0 Å². The standard InChI is InChI=1S/C14H15BrN2O3S/c1-9(2)17-6-5-11(16-17)8-21(20)13-7-10(15)3-4-12(13)14(18)19/h3-7,9H,8H2,1-2H3,(H,18,19). The van der Waals surface area contributed by atoms with Gasteiger partial charge in [-0.3, -0.25) is 8.89 Å². The second-order valence-corrected chi connectivity index (χ2v) is 7.15. The Hall–Kier alpha value is -1.47. The number of carboxylic acids is 1. The minimum absolute atomic E-state index is 0.0554. The first-order valence-electron chi connectivity index (χ1n) is 6.33. The maximum absolute atomic E-state index is 12.4. The summed E-state index contributed by atoms with van der Waals surface area (Å²) in [6.45, 7) is 4.01. The zero-order chi connectivity index (χ0) is 15.6. The van der Waals surface area contributed by atoms with Gasteiger partial charge in [0, 0.05) is 16.7 Å². The van der Waals surface area contributed by atoms with Gasteiger partial charge in [-0.05, 0) is 38.1 Å². The maximum atomic E-state index is 12.4. The summed E-state index contributed by atoms with van der Waals surface area (Å²) in [4.78, 5) is 11.5. The zero-order valence-corrected chi connectivity index (χ0v) is 14.0. The molecule has 0 radical (unpaired) electrons. The summed E-state index contributed by atoms with van der Waals surface area (Å²) in [7, 11) is -1.46. The summed E-state index contributed by atoms with van der Waals surface area (Å²) in [5.41, 5.74) is 0.734. The van der Waals surface area contributed by atoms with Crippen molar-refractivity contribution < 1.29 is 14.1 Å². The average molecular weight is 371 g/mol. The fourth-order valence-electron chi connectivity index (χ4n) is 1.82. The van der Waals surface area contributed by atoms with Crippen molar-refractivity contribution in [1.29, 1.82) is 0 Å². The predicted octanol–water partition coefficient (Wildman–Crippen LogP) is 3.23. The second-order valence-electron chi connectivity index (χ2n) is 4.82. The quantitative estimate of drug-likeness (QED) is 0.876. The molecule has 0 aliphatic heterocycles. The third-order valence-corrected chi connectivity index (χ3v) is 4.77. The molecule has 1 N–H and O–H groups in total. The van der Waals surface area contributed by atoms with Crippen molar-refractivity contribution in [2.24, 2.45) is 0 Å². The van der Waals surface area contributed by atoms with E-state index in [1.807, 2.05) is 20.0 Å². The van der Waals surface area contributed by atoms with E-state index < -0.39 is 16.8 Å². The second kappa shape index (κ2) is 6.53. The van der Waals surface area contributed by atoms with Gasteiger partial charge in [0.15, 0.2) is 0 Å². The van der Waals surface area contributed by atoms with Crippen LogP contribution in [0.5, 0.6) is 0 Å². The van der Waals surface area contributed by atoms with Crippen LogP contribution in [0.2, 0.25) is 0 Å². The molecule has 1 atom stereocenters. The Morgan fingerprint density at radius 2 is 2.14 bits per heavy atom. The molecule has 1 heterocycles. The van der Waals surface area contributed by atoms with E-state index in [1.54, 1.807) is 22.9 Å². The first kappa shape index (κ1) is 15.9. The molecule has 112 valence electrons. The summed E-state index contributed by atoms with van der Waals surface area (Å²) in [5.74, 6) is -0.894. The lowest BCUT2D eigenvalue weighted by Gasteiger charge is -2.06. The fraction of sp³-hybridized carbons (Fsp3) is 0.286. The smallest absolute Gasteiger partial charge is 0.336 e. The molecule has 5 nitrogen and oxygen atoms in total. The van der Waals surface area contributed by atoms with Crippen LogP contribution in [-0.2, 0) is 16.6 Å². The van der Waals surface area contributed by atoms with E-state index >= 15 is 0 Å². The first-order valence-corrected chi connectivity index (χ1v) is 8.45. The van der Waals surface area contributed by atoms with Crippen molar-refractivity contribution in [2.75, 3.05) is 0 Å². The first-order chi connectivity index (χ1) is 9.88. The minimum Gasteiger partial charge on any atom is -0.478 e. The van der Waals surface area contributed by atoms with E-state index in [2.05, 4.69) is 21.0 Å². The molecule has 0 saturated carbocycles. The van der Waals surface area contributed by atoms with Gasteiger partial charge in [0.05, 0.1) is 32.7 Å². The number of nitrogens with zero attached hydrogens (tertiary/aromatic N) is 2. The van der Waals surface area contributed by atoms with Gasteiger partial charge in [0.25, 0.3) is 0 Å². The Morgan fingerprint density at radius 3 is 2.71 bits per heavy atom. The highest BCUT2D eigenvalue weighted by Crippen LogP contribution is 2.22. The Bertz CT molecular complexity index is 697. The van der Waals surface area contributed by atoms with Crippen LogP contribution < -0.4 is 0 Å². The number of aromatic nitrogens is 2. The number of halogens is 1. The lowest BCUT2D eigenvalue weighted by atomic mass is 10.2. The Balaban J connectivity index is 2.27. The SMILES string of the molecule is CC(C)n1ccc(CS(=O)c2cc(Br)ccc2C(=O)O)n1. The van der Waals surface area contributed by atoms with Crippen LogP contribution in [0.4, 0.5) is 0 Å². The molecule has 0 fully saturated rings. The predicted molar refractivity (Wildman–Crippen MR) is 83.8 cm³/mol.